The quantitative estimate of drug-likeness (QED) is 0.439. The largest absolute Gasteiger partial charge is 0.315 e. The minimum absolute atomic E-state index is 0.00871. The van der Waals surface area contributed by atoms with Crippen LogP contribution in [0.2, 0.25) is 0 Å². The van der Waals surface area contributed by atoms with Crippen LogP contribution in [0, 0.1) is 0 Å². The van der Waals surface area contributed by atoms with E-state index in [9.17, 15) is 13.2 Å². The number of hydrazine groups is 1. The summed E-state index contributed by atoms with van der Waals surface area (Å²) in [6.45, 7) is 0.00871. The lowest BCUT2D eigenvalue weighted by Crippen LogP contribution is -2.24. The van der Waals surface area contributed by atoms with Crippen LogP contribution in [0.15, 0.2) is 33.4 Å². The fraction of sp³-hybridized carbons (Fsp3) is 0.111. The van der Waals surface area contributed by atoms with Gasteiger partial charge in [-0.05, 0) is 6.07 Å². The van der Waals surface area contributed by atoms with Crippen molar-refractivity contribution in [2.24, 2.45) is 5.84 Å². The van der Waals surface area contributed by atoms with Gasteiger partial charge in [0.2, 0.25) is 10.0 Å². The van der Waals surface area contributed by atoms with E-state index in [1.54, 1.807) is 5.38 Å². The number of aromatic nitrogens is 2. The molecule has 2 aromatic rings. The van der Waals surface area contributed by atoms with Crippen molar-refractivity contribution in [2.75, 3.05) is 5.43 Å². The summed E-state index contributed by atoms with van der Waals surface area (Å²) in [6.07, 6.45) is 1.33. The molecule has 0 spiro atoms. The number of nitrogens with zero attached hydrogens (tertiary/aromatic N) is 1. The Bertz CT molecular complexity index is 721. The van der Waals surface area contributed by atoms with E-state index in [4.69, 9.17) is 5.84 Å². The lowest BCUT2D eigenvalue weighted by atomic mass is 10.5. The Kier molecular flexibility index (Phi) is 3.95. The number of thiazole rings is 1. The van der Waals surface area contributed by atoms with Gasteiger partial charge in [0.15, 0.2) is 0 Å². The van der Waals surface area contributed by atoms with Crippen LogP contribution < -0.4 is 20.9 Å². The average molecular weight is 301 g/mol. The molecular weight excluding hydrogens is 290 g/mol. The molecule has 102 valence electrons. The molecule has 2 heterocycles. The number of rotatable bonds is 5. The molecule has 19 heavy (non-hydrogen) atoms. The molecule has 8 nitrogen and oxygen atoms in total. The van der Waals surface area contributed by atoms with Crippen molar-refractivity contribution >= 4 is 27.2 Å². The maximum atomic E-state index is 12.0. The Labute approximate surface area is 112 Å². The Hall–Kier alpha value is -1.75. The van der Waals surface area contributed by atoms with Crippen molar-refractivity contribution in [3.05, 3.63) is 39.1 Å². The van der Waals surface area contributed by atoms with Crippen LogP contribution in [-0.4, -0.2) is 18.4 Å². The molecule has 2 rings (SSSR count). The number of hydrogen-bond donors (Lipinski definition) is 4. The summed E-state index contributed by atoms with van der Waals surface area (Å²) in [5.74, 6) is 5.41. The van der Waals surface area contributed by atoms with Crippen molar-refractivity contribution in [3.63, 3.8) is 0 Å². The summed E-state index contributed by atoms with van der Waals surface area (Å²) in [4.78, 5) is 17.1. The molecule has 0 bridgehead atoms. The second-order valence-electron chi connectivity index (χ2n) is 3.52. The molecule has 0 aromatic carbocycles. The Balaban J connectivity index is 2.15. The molecule has 0 atom stereocenters. The monoisotopic (exact) mass is 301 g/mol. The molecule has 0 saturated heterocycles. The molecule has 0 aliphatic heterocycles. The first-order chi connectivity index (χ1) is 9.01. The third-order valence-electron chi connectivity index (χ3n) is 2.21. The highest BCUT2D eigenvalue weighted by Gasteiger charge is 2.14. The van der Waals surface area contributed by atoms with Gasteiger partial charge in [-0.3, -0.25) is 4.79 Å². The topological polar surface area (TPSA) is 130 Å². The van der Waals surface area contributed by atoms with Crippen molar-refractivity contribution in [2.45, 2.75) is 11.4 Å². The summed E-state index contributed by atoms with van der Waals surface area (Å²) < 4.78 is 26.3. The molecule has 0 unspecified atom stereocenters. The van der Waals surface area contributed by atoms with Crippen molar-refractivity contribution < 1.29 is 8.42 Å². The van der Waals surface area contributed by atoms with E-state index in [0.29, 0.717) is 5.69 Å². The van der Waals surface area contributed by atoms with Gasteiger partial charge in [-0.15, -0.1) is 0 Å². The highest BCUT2D eigenvalue weighted by Crippen LogP contribution is 2.12. The standard InChI is InChI=1S/C9H11N5O3S2/c10-14-8-3-7(1-2-11-8)19(16,17)12-4-6-5-18-9(15)13-6/h1-3,5,12H,4,10H2,(H,11,14)(H,13,15). The van der Waals surface area contributed by atoms with E-state index < -0.39 is 10.0 Å². The van der Waals surface area contributed by atoms with Gasteiger partial charge < -0.3 is 10.4 Å². The third kappa shape index (κ3) is 3.38. The molecule has 2 aromatic heterocycles. The Morgan fingerprint density at radius 1 is 1.47 bits per heavy atom. The highest BCUT2D eigenvalue weighted by atomic mass is 32.2. The van der Waals surface area contributed by atoms with Crippen LogP contribution in [0.25, 0.3) is 0 Å². The molecule has 0 aliphatic carbocycles. The van der Waals surface area contributed by atoms with Gasteiger partial charge in [-0.2, -0.15) is 0 Å². The smallest absolute Gasteiger partial charge is 0.304 e. The number of nitrogens with one attached hydrogen (secondary N) is 3. The zero-order valence-electron chi connectivity index (χ0n) is 9.58. The van der Waals surface area contributed by atoms with Gasteiger partial charge in [-0.1, -0.05) is 11.3 Å². The number of nitrogen functional groups attached to an aromatic ring is 1. The van der Waals surface area contributed by atoms with Crippen LogP contribution in [0.4, 0.5) is 5.82 Å². The first-order valence-electron chi connectivity index (χ1n) is 5.10. The van der Waals surface area contributed by atoms with Crippen LogP contribution in [0.5, 0.6) is 0 Å². The molecular formula is C9H11N5O3S2. The van der Waals surface area contributed by atoms with E-state index in [2.05, 4.69) is 20.1 Å². The number of aromatic amines is 1. The van der Waals surface area contributed by atoms with Crippen molar-refractivity contribution in [1.82, 2.24) is 14.7 Å². The van der Waals surface area contributed by atoms with E-state index in [1.165, 1.54) is 18.3 Å². The number of H-pyrrole nitrogens is 1. The lowest BCUT2D eigenvalue weighted by molar-refractivity contribution is 0.580. The van der Waals surface area contributed by atoms with Gasteiger partial charge in [0.25, 0.3) is 0 Å². The van der Waals surface area contributed by atoms with Crippen LogP contribution in [0.3, 0.4) is 0 Å². The second kappa shape index (κ2) is 5.48. The van der Waals surface area contributed by atoms with Crippen molar-refractivity contribution in [1.29, 1.82) is 0 Å². The first-order valence-corrected chi connectivity index (χ1v) is 7.46. The van der Waals surface area contributed by atoms with E-state index in [1.807, 2.05) is 0 Å². The number of pyridine rings is 1. The third-order valence-corrected chi connectivity index (χ3v) is 4.33. The lowest BCUT2D eigenvalue weighted by Gasteiger charge is -2.06. The molecule has 10 heteroatoms. The second-order valence-corrected chi connectivity index (χ2v) is 6.13. The maximum Gasteiger partial charge on any atom is 0.304 e. The fourth-order valence-corrected chi connectivity index (χ4v) is 2.91. The first kappa shape index (κ1) is 13.7. The van der Waals surface area contributed by atoms with Crippen LogP contribution in [-0.2, 0) is 16.6 Å². The summed E-state index contributed by atoms with van der Waals surface area (Å²) in [5, 5.41) is 1.56. The SMILES string of the molecule is NNc1cc(S(=O)(=O)NCc2csc(=O)[nH]2)ccn1. The summed E-state index contributed by atoms with van der Waals surface area (Å²) in [6, 6.07) is 2.65. The normalized spacial score (nSPS) is 11.4. The van der Waals surface area contributed by atoms with Crippen molar-refractivity contribution in [3.8, 4) is 0 Å². The predicted octanol–water partition coefficient (Wildman–Crippen LogP) is -0.404. The average Bonchev–Trinajstić information content (AvgIpc) is 2.82. The number of anilines is 1. The Morgan fingerprint density at radius 3 is 2.89 bits per heavy atom. The van der Waals surface area contributed by atoms with Gasteiger partial charge in [0.1, 0.15) is 5.82 Å². The predicted molar refractivity (Wildman–Crippen MR) is 71.0 cm³/mol. The van der Waals surface area contributed by atoms with E-state index >= 15 is 0 Å². The summed E-state index contributed by atoms with van der Waals surface area (Å²) >= 11 is 0.974. The van der Waals surface area contributed by atoms with Crippen LogP contribution in [0.1, 0.15) is 5.69 Å². The van der Waals surface area contributed by atoms with Crippen LogP contribution >= 0.6 is 11.3 Å². The number of nitrogens with two attached hydrogens (primary N) is 1. The minimum Gasteiger partial charge on any atom is -0.315 e. The fourth-order valence-electron chi connectivity index (χ4n) is 1.31. The zero-order chi connectivity index (χ0) is 13.9. The van der Waals surface area contributed by atoms with E-state index in [0.717, 1.165) is 11.3 Å². The molecule has 0 radical (unpaired) electrons. The molecule has 5 N–H and O–H groups in total. The van der Waals surface area contributed by atoms with E-state index in [-0.39, 0.29) is 22.1 Å². The van der Waals surface area contributed by atoms with Gasteiger partial charge in [-0.25, -0.2) is 24.0 Å². The zero-order valence-corrected chi connectivity index (χ0v) is 11.2. The summed E-state index contributed by atoms with van der Waals surface area (Å²) in [7, 11) is -3.68. The van der Waals surface area contributed by atoms with Gasteiger partial charge in [0.05, 0.1) is 11.4 Å². The Morgan fingerprint density at radius 2 is 2.26 bits per heavy atom. The highest BCUT2D eigenvalue weighted by molar-refractivity contribution is 7.89. The molecule has 0 fully saturated rings. The maximum absolute atomic E-state index is 12.0. The molecule has 0 saturated carbocycles. The molecule has 0 amide bonds. The van der Waals surface area contributed by atoms with Gasteiger partial charge in [0, 0.05) is 23.3 Å². The van der Waals surface area contributed by atoms with Gasteiger partial charge >= 0.3 is 4.87 Å². The molecule has 0 aliphatic rings. The summed E-state index contributed by atoms with van der Waals surface area (Å²) in [5.41, 5.74) is 2.77. The minimum atomic E-state index is -3.68. The number of sulfonamides is 1. The number of hydrogen-bond acceptors (Lipinski definition) is 7.